The topological polar surface area (TPSA) is 66.9 Å². The quantitative estimate of drug-likeness (QED) is 0.854. The number of benzene rings is 1. The number of anilines is 1. The summed E-state index contributed by atoms with van der Waals surface area (Å²) < 4.78 is 1.02. The third kappa shape index (κ3) is 3.27. The van der Waals surface area contributed by atoms with Gasteiger partial charge < -0.3 is 0 Å². The standard InChI is InChI=1S/C12H11BrN4O/c1-8(18)14-16-12-7-6-11(15-17-12)9-2-4-10(13)5-3-9/h2-7H,1H3,(H,14,18)(H,16,17). The summed E-state index contributed by atoms with van der Waals surface area (Å²) in [5.41, 5.74) is 6.84. The average molecular weight is 307 g/mol. The lowest BCUT2D eigenvalue weighted by molar-refractivity contribution is -0.118. The van der Waals surface area contributed by atoms with Gasteiger partial charge in [-0.2, -0.15) is 0 Å². The van der Waals surface area contributed by atoms with E-state index in [-0.39, 0.29) is 5.91 Å². The first-order chi connectivity index (χ1) is 8.65. The van der Waals surface area contributed by atoms with Crippen molar-refractivity contribution in [1.29, 1.82) is 0 Å². The number of carbonyl (C=O) groups is 1. The Labute approximate surface area is 113 Å². The summed E-state index contributed by atoms with van der Waals surface area (Å²) in [4.78, 5) is 10.7. The molecule has 0 saturated heterocycles. The zero-order valence-corrected chi connectivity index (χ0v) is 11.2. The Hall–Kier alpha value is -1.95. The van der Waals surface area contributed by atoms with Gasteiger partial charge in [0.25, 0.3) is 0 Å². The predicted octanol–water partition coefficient (Wildman–Crippen LogP) is 2.37. The van der Waals surface area contributed by atoms with Gasteiger partial charge in [0.2, 0.25) is 5.91 Å². The Morgan fingerprint density at radius 1 is 1.11 bits per heavy atom. The Balaban J connectivity index is 2.12. The summed E-state index contributed by atoms with van der Waals surface area (Å²) in [5.74, 6) is 0.305. The monoisotopic (exact) mass is 306 g/mol. The van der Waals surface area contributed by atoms with E-state index in [0.717, 1.165) is 15.7 Å². The number of hydrogen-bond acceptors (Lipinski definition) is 4. The molecule has 0 unspecified atom stereocenters. The molecule has 18 heavy (non-hydrogen) atoms. The van der Waals surface area contributed by atoms with Crippen LogP contribution in [0.15, 0.2) is 40.9 Å². The molecule has 0 bridgehead atoms. The molecule has 1 amide bonds. The summed E-state index contributed by atoms with van der Waals surface area (Å²) in [6.45, 7) is 1.41. The Bertz CT molecular complexity index is 539. The second-order valence-electron chi connectivity index (χ2n) is 3.62. The zero-order chi connectivity index (χ0) is 13.0. The number of nitrogens with zero attached hydrogens (tertiary/aromatic N) is 2. The molecule has 0 spiro atoms. The lowest BCUT2D eigenvalue weighted by Gasteiger charge is -2.05. The fourth-order valence-corrected chi connectivity index (χ4v) is 1.59. The van der Waals surface area contributed by atoms with E-state index in [9.17, 15) is 4.79 Å². The minimum absolute atomic E-state index is 0.186. The molecule has 1 heterocycles. The molecule has 2 N–H and O–H groups in total. The van der Waals surface area contributed by atoms with Gasteiger partial charge >= 0.3 is 0 Å². The molecule has 2 aromatic rings. The van der Waals surface area contributed by atoms with Crippen molar-refractivity contribution in [3.8, 4) is 11.3 Å². The normalized spacial score (nSPS) is 9.89. The maximum atomic E-state index is 10.7. The highest BCUT2D eigenvalue weighted by molar-refractivity contribution is 9.10. The molecule has 0 aliphatic rings. The predicted molar refractivity (Wildman–Crippen MR) is 72.6 cm³/mol. The molecule has 92 valence electrons. The molecule has 0 radical (unpaired) electrons. The van der Waals surface area contributed by atoms with Crippen LogP contribution in [0.5, 0.6) is 0 Å². The van der Waals surface area contributed by atoms with Crippen molar-refractivity contribution in [3.05, 3.63) is 40.9 Å². The highest BCUT2D eigenvalue weighted by Crippen LogP contribution is 2.19. The smallest absolute Gasteiger partial charge is 0.235 e. The van der Waals surface area contributed by atoms with Crippen molar-refractivity contribution in [1.82, 2.24) is 15.6 Å². The molecule has 0 fully saturated rings. The van der Waals surface area contributed by atoms with Crippen molar-refractivity contribution in [2.45, 2.75) is 6.92 Å². The van der Waals surface area contributed by atoms with E-state index in [0.29, 0.717) is 5.82 Å². The van der Waals surface area contributed by atoms with Crippen LogP contribution in [0, 0.1) is 0 Å². The fourth-order valence-electron chi connectivity index (χ4n) is 1.33. The third-order valence-electron chi connectivity index (χ3n) is 2.17. The lowest BCUT2D eigenvalue weighted by atomic mass is 10.1. The number of halogens is 1. The first-order valence-electron chi connectivity index (χ1n) is 5.27. The van der Waals surface area contributed by atoms with Gasteiger partial charge in [-0.05, 0) is 24.3 Å². The summed E-state index contributed by atoms with van der Waals surface area (Å²) in [6.07, 6.45) is 0. The molecule has 2 rings (SSSR count). The molecule has 1 aromatic carbocycles. The number of rotatable bonds is 3. The summed E-state index contributed by atoms with van der Waals surface area (Å²) in [7, 11) is 0. The van der Waals surface area contributed by atoms with Crippen molar-refractivity contribution in [2.75, 3.05) is 5.43 Å². The molecular weight excluding hydrogens is 296 g/mol. The van der Waals surface area contributed by atoms with Crippen LogP contribution in [0.25, 0.3) is 11.3 Å². The van der Waals surface area contributed by atoms with Crippen molar-refractivity contribution in [3.63, 3.8) is 0 Å². The van der Waals surface area contributed by atoms with E-state index in [1.54, 1.807) is 6.07 Å². The van der Waals surface area contributed by atoms with Crippen molar-refractivity contribution >= 4 is 27.7 Å². The van der Waals surface area contributed by atoms with Gasteiger partial charge in [-0.3, -0.25) is 15.6 Å². The number of hydrazine groups is 1. The van der Waals surface area contributed by atoms with Crippen LogP contribution in [-0.4, -0.2) is 16.1 Å². The summed E-state index contributed by atoms with van der Waals surface area (Å²) in [5, 5.41) is 8.04. The molecule has 5 nitrogen and oxygen atoms in total. The summed E-state index contributed by atoms with van der Waals surface area (Å²) in [6, 6.07) is 11.4. The maximum absolute atomic E-state index is 10.7. The van der Waals surface area contributed by atoms with Gasteiger partial charge in [0, 0.05) is 17.0 Å². The maximum Gasteiger partial charge on any atom is 0.235 e. The molecule has 0 aliphatic carbocycles. The Kier molecular flexibility index (Phi) is 3.88. The highest BCUT2D eigenvalue weighted by atomic mass is 79.9. The fraction of sp³-hybridized carbons (Fsp3) is 0.0833. The second kappa shape index (κ2) is 5.59. The Morgan fingerprint density at radius 3 is 2.39 bits per heavy atom. The van der Waals surface area contributed by atoms with Crippen LogP contribution in [0.1, 0.15) is 6.92 Å². The highest BCUT2D eigenvalue weighted by Gasteiger charge is 2.01. The van der Waals surface area contributed by atoms with Crippen LogP contribution >= 0.6 is 15.9 Å². The minimum Gasteiger partial charge on any atom is -0.280 e. The van der Waals surface area contributed by atoms with E-state index < -0.39 is 0 Å². The molecule has 0 aliphatic heterocycles. The van der Waals surface area contributed by atoms with Crippen LogP contribution < -0.4 is 10.9 Å². The van der Waals surface area contributed by atoms with Gasteiger partial charge in [0.1, 0.15) is 0 Å². The largest absolute Gasteiger partial charge is 0.280 e. The van der Waals surface area contributed by atoms with E-state index >= 15 is 0 Å². The number of aromatic nitrogens is 2. The lowest BCUT2D eigenvalue weighted by Crippen LogP contribution is -2.27. The van der Waals surface area contributed by atoms with E-state index in [2.05, 4.69) is 37.0 Å². The van der Waals surface area contributed by atoms with Crippen molar-refractivity contribution < 1.29 is 4.79 Å². The van der Waals surface area contributed by atoms with Gasteiger partial charge in [-0.1, -0.05) is 28.1 Å². The van der Waals surface area contributed by atoms with Gasteiger partial charge in [-0.25, -0.2) is 0 Å². The second-order valence-corrected chi connectivity index (χ2v) is 4.53. The number of amides is 1. The SMILES string of the molecule is CC(=O)NNc1ccc(-c2ccc(Br)cc2)nn1. The van der Waals surface area contributed by atoms with Crippen LogP contribution in [0.3, 0.4) is 0 Å². The van der Waals surface area contributed by atoms with Gasteiger partial charge in [-0.15, -0.1) is 10.2 Å². The minimum atomic E-state index is -0.186. The van der Waals surface area contributed by atoms with Crippen LogP contribution in [0.2, 0.25) is 0 Å². The van der Waals surface area contributed by atoms with Gasteiger partial charge in [0.05, 0.1) is 5.69 Å². The number of hydrogen-bond donors (Lipinski definition) is 2. The first kappa shape index (κ1) is 12.5. The van der Waals surface area contributed by atoms with Crippen LogP contribution in [-0.2, 0) is 4.79 Å². The van der Waals surface area contributed by atoms with E-state index in [4.69, 9.17) is 0 Å². The van der Waals surface area contributed by atoms with Crippen molar-refractivity contribution in [2.24, 2.45) is 0 Å². The first-order valence-corrected chi connectivity index (χ1v) is 6.07. The average Bonchev–Trinajstić information content (AvgIpc) is 2.38. The number of nitrogens with one attached hydrogen (secondary N) is 2. The molecule has 0 atom stereocenters. The zero-order valence-electron chi connectivity index (χ0n) is 9.64. The third-order valence-corrected chi connectivity index (χ3v) is 2.70. The molecule has 1 aromatic heterocycles. The molecular formula is C12H11BrN4O. The van der Waals surface area contributed by atoms with Gasteiger partial charge in [0.15, 0.2) is 5.82 Å². The van der Waals surface area contributed by atoms with Crippen LogP contribution in [0.4, 0.5) is 5.82 Å². The van der Waals surface area contributed by atoms with E-state index in [1.807, 2.05) is 30.3 Å². The molecule has 6 heteroatoms. The summed E-state index contributed by atoms with van der Waals surface area (Å²) >= 11 is 3.38. The molecule has 0 saturated carbocycles. The van der Waals surface area contributed by atoms with E-state index in [1.165, 1.54) is 6.92 Å². The number of carbonyl (C=O) groups excluding carboxylic acids is 1. The Morgan fingerprint density at radius 2 is 1.83 bits per heavy atom.